The van der Waals surface area contributed by atoms with Gasteiger partial charge in [0.15, 0.2) is 0 Å². The van der Waals surface area contributed by atoms with Gasteiger partial charge in [-0.2, -0.15) is 0 Å². The van der Waals surface area contributed by atoms with Gasteiger partial charge in [-0.25, -0.2) is 0 Å². The second-order valence-electron chi connectivity index (χ2n) is 12.5. The van der Waals surface area contributed by atoms with E-state index in [1.165, 1.54) is 27.8 Å². The van der Waals surface area contributed by atoms with E-state index < -0.39 is 0 Å². The molecule has 0 radical (unpaired) electrons. The molecule has 0 amide bonds. The summed E-state index contributed by atoms with van der Waals surface area (Å²) < 4.78 is 6.48. The van der Waals surface area contributed by atoms with Crippen LogP contribution in [-0.4, -0.2) is 0 Å². The fourth-order valence-electron chi connectivity index (χ4n) is 7.25. The molecule has 0 bridgehead atoms. The summed E-state index contributed by atoms with van der Waals surface area (Å²) in [5.74, 6) is 0.351. The third-order valence-electron chi connectivity index (χ3n) is 9.61. The van der Waals surface area contributed by atoms with E-state index >= 15 is 0 Å². The Hall–Kier alpha value is -6.12. The van der Waals surface area contributed by atoms with Gasteiger partial charge >= 0.3 is 0 Å². The summed E-state index contributed by atoms with van der Waals surface area (Å²) in [6.45, 7) is 0. The fourth-order valence-corrected chi connectivity index (χ4v) is 7.25. The molecule has 48 heavy (non-hydrogen) atoms. The molecule has 1 aliphatic rings. The quantitative estimate of drug-likeness (QED) is 0.185. The van der Waals surface area contributed by atoms with Crippen LogP contribution >= 0.6 is 0 Å². The summed E-state index contributed by atoms with van der Waals surface area (Å²) >= 11 is 0. The van der Waals surface area contributed by atoms with Gasteiger partial charge < -0.3 is 9.32 Å². The fraction of sp³-hybridized carbons (Fsp3) is 0.0435. The van der Waals surface area contributed by atoms with Crippen molar-refractivity contribution in [3.8, 4) is 22.3 Å². The molecule has 228 valence electrons. The van der Waals surface area contributed by atoms with Crippen LogP contribution in [0.5, 0.6) is 0 Å². The van der Waals surface area contributed by atoms with Crippen molar-refractivity contribution in [2.24, 2.45) is 0 Å². The first-order valence-electron chi connectivity index (χ1n) is 16.6. The number of hydrogen-bond donors (Lipinski definition) is 0. The van der Waals surface area contributed by atoms with Crippen molar-refractivity contribution in [1.82, 2.24) is 0 Å². The van der Waals surface area contributed by atoms with Crippen molar-refractivity contribution in [2.45, 2.75) is 12.3 Å². The average Bonchev–Trinajstić information content (AvgIpc) is 3.55. The molecule has 9 rings (SSSR count). The highest BCUT2D eigenvalue weighted by Gasteiger charge is 2.23. The first kappa shape index (κ1) is 28.1. The molecule has 1 heterocycles. The standard InChI is InChI=1S/C46H33NO/c1-3-13-32(14-4-1)33-23-27-37(28-24-33)47(43-21-11-9-18-38(43)34-15-5-2-6-16-34)44-22-12-10-19-39(44)36-26-30-45-42(31-36)41-29-25-35-17-7-8-20-40(35)46(41)48-45/h1-23,25-31,33H,24H2. The number of nitrogens with zero attached hydrogens (tertiary/aromatic N) is 1. The van der Waals surface area contributed by atoms with Crippen LogP contribution in [0.1, 0.15) is 17.9 Å². The van der Waals surface area contributed by atoms with Crippen molar-refractivity contribution < 1.29 is 4.42 Å². The predicted octanol–water partition coefficient (Wildman–Crippen LogP) is 12.8. The number of furan rings is 1. The van der Waals surface area contributed by atoms with Gasteiger partial charge in [0.1, 0.15) is 11.2 Å². The normalized spacial score (nSPS) is 14.4. The third-order valence-corrected chi connectivity index (χ3v) is 9.61. The van der Waals surface area contributed by atoms with E-state index in [-0.39, 0.29) is 0 Å². The van der Waals surface area contributed by atoms with Crippen molar-refractivity contribution in [3.63, 3.8) is 0 Å². The van der Waals surface area contributed by atoms with E-state index in [0.717, 1.165) is 56.2 Å². The van der Waals surface area contributed by atoms with Gasteiger partial charge in [-0.15, -0.1) is 0 Å². The molecule has 0 N–H and O–H groups in total. The van der Waals surface area contributed by atoms with Gasteiger partial charge in [0, 0.05) is 38.9 Å². The molecule has 0 saturated carbocycles. The molecular weight excluding hydrogens is 583 g/mol. The van der Waals surface area contributed by atoms with Crippen molar-refractivity contribution in [3.05, 3.63) is 193 Å². The van der Waals surface area contributed by atoms with Gasteiger partial charge in [-0.3, -0.25) is 0 Å². The van der Waals surface area contributed by atoms with Crippen LogP contribution in [0.4, 0.5) is 11.4 Å². The Morgan fingerprint density at radius 3 is 1.94 bits per heavy atom. The molecule has 2 heteroatoms. The van der Waals surface area contributed by atoms with Gasteiger partial charge in [-0.05, 0) is 64.9 Å². The smallest absolute Gasteiger partial charge is 0.143 e. The van der Waals surface area contributed by atoms with Crippen LogP contribution < -0.4 is 4.90 Å². The summed E-state index contributed by atoms with van der Waals surface area (Å²) in [5.41, 5.74) is 11.3. The molecule has 0 fully saturated rings. The highest BCUT2D eigenvalue weighted by Crippen LogP contribution is 2.45. The molecular formula is C46H33NO. The Morgan fingerprint density at radius 2 is 1.19 bits per heavy atom. The second-order valence-corrected chi connectivity index (χ2v) is 12.5. The predicted molar refractivity (Wildman–Crippen MR) is 202 cm³/mol. The first-order valence-corrected chi connectivity index (χ1v) is 16.6. The Kier molecular flexibility index (Phi) is 6.98. The van der Waals surface area contributed by atoms with E-state index in [2.05, 4.69) is 187 Å². The number of para-hydroxylation sites is 2. The lowest BCUT2D eigenvalue weighted by atomic mass is 9.90. The van der Waals surface area contributed by atoms with E-state index in [9.17, 15) is 0 Å². The largest absolute Gasteiger partial charge is 0.455 e. The van der Waals surface area contributed by atoms with E-state index in [4.69, 9.17) is 4.42 Å². The van der Waals surface area contributed by atoms with Crippen LogP contribution in [0.25, 0.3) is 55.0 Å². The monoisotopic (exact) mass is 615 g/mol. The number of anilines is 2. The minimum atomic E-state index is 0.351. The van der Waals surface area contributed by atoms with Crippen molar-refractivity contribution in [1.29, 1.82) is 0 Å². The number of benzene rings is 7. The molecule has 1 atom stereocenters. The molecule has 2 nitrogen and oxygen atoms in total. The molecule has 0 saturated heterocycles. The molecule has 1 aliphatic carbocycles. The Bertz CT molecular complexity index is 2490. The first-order chi connectivity index (χ1) is 23.8. The maximum Gasteiger partial charge on any atom is 0.143 e. The van der Waals surface area contributed by atoms with E-state index in [1.807, 2.05) is 0 Å². The summed E-state index contributed by atoms with van der Waals surface area (Å²) in [4.78, 5) is 2.45. The molecule has 7 aromatic carbocycles. The maximum atomic E-state index is 6.48. The number of allylic oxidation sites excluding steroid dienone is 3. The van der Waals surface area contributed by atoms with Crippen LogP contribution in [0.3, 0.4) is 0 Å². The topological polar surface area (TPSA) is 16.4 Å². The lowest BCUT2D eigenvalue weighted by molar-refractivity contribution is 0.672. The zero-order valence-electron chi connectivity index (χ0n) is 26.5. The zero-order chi connectivity index (χ0) is 31.9. The molecule has 0 spiro atoms. The number of rotatable bonds is 6. The van der Waals surface area contributed by atoms with Gasteiger partial charge in [0.2, 0.25) is 0 Å². The maximum absolute atomic E-state index is 6.48. The van der Waals surface area contributed by atoms with Crippen LogP contribution in [0.2, 0.25) is 0 Å². The van der Waals surface area contributed by atoms with Gasteiger partial charge in [0.25, 0.3) is 0 Å². The summed E-state index contributed by atoms with van der Waals surface area (Å²) in [7, 11) is 0. The summed E-state index contributed by atoms with van der Waals surface area (Å²) in [6, 6.07) is 58.5. The van der Waals surface area contributed by atoms with Crippen molar-refractivity contribution in [2.75, 3.05) is 4.90 Å². The number of fused-ring (bicyclic) bond motifs is 5. The lowest BCUT2D eigenvalue weighted by Gasteiger charge is -2.32. The molecule has 8 aromatic rings. The molecule has 1 aromatic heterocycles. The van der Waals surface area contributed by atoms with Crippen LogP contribution in [-0.2, 0) is 0 Å². The number of hydrogen-bond acceptors (Lipinski definition) is 2. The van der Waals surface area contributed by atoms with Gasteiger partial charge in [0.05, 0.1) is 11.4 Å². The van der Waals surface area contributed by atoms with Crippen molar-refractivity contribution >= 4 is 44.1 Å². The Morgan fingerprint density at radius 1 is 0.521 bits per heavy atom. The SMILES string of the molecule is C1=CC(c2ccccc2)CC=C1N(c1ccccc1-c1ccccc1)c1ccccc1-c1ccc2oc3c4ccccc4ccc3c2c1. The third kappa shape index (κ3) is 4.90. The Labute approximate surface area is 280 Å². The second kappa shape index (κ2) is 11.9. The molecule has 0 aliphatic heterocycles. The highest BCUT2D eigenvalue weighted by atomic mass is 16.3. The zero-order valence-corrected chi connectivity index (χ0v) is 26.5. The van der Waals surface area contributed by atoms with Crippen LogP contribution in [0.15, 0.2) is 192 Å². The van der Waals surface area contributed by atoms with E-state index in [0.29, 0.717) is 5.92 Å². The minimum Gasteiger partial charge on any atom is -0.455 e. The molecule has 1 unspecified atom stereocenters. The Balaban J connectivity index is 1.22. The average molecular weight is 616 g/mol. The van der Waals surface area contributed by atoms with Gasteiger partial charge in [-0.1, -0.05) is 146 Å². The summed E-state index contributed by atoms with van der Waals surface area (Å²) in [6.07, 6.45) is 7.99. The van der Waals surface area contributed by atoms with E-state index in [1.54, 1.807) is 0 Å². The minimum absolute atomic E-state index is 0.351. The van der Waals surface area contributed by atoms with Crippen LogP contribution in [0, 0.1) is 0 Å². The highest BCUT2D eigenvalue weighted by molar-refractivity contribution is 6.15. The lowest BCUT2D eigenvalue weighted by Crippen LogP contribution is -2.19. The summed E-state index contributed by atoms with van der Waals surface area (Å²) in [5, 5.41) is 4.59.